The zero-order chi connectivity index (χ0) is 14.5. The molecule has 5 nitrogen and oxygen atoms in total. The number of likely N-dealkylation sites (N-methyl/N-ethyl adjacent to an activating group) is 2. The minimum absolute atomic E-state index is 0. The smallest absolute Gasteiger partial charge is 0.272 e. The Balaban J connectivity index is 0.00000361. The van der Waals surface area contributed by atoms with Gasteiger partial charge in [-0.15, -0.1) is 0 Å². The topological polar surface area (TPSA) is 29.6 Å². The van der Waals surface area contributed by atoms with Crippen LogP contribution in [0.3, 0.4) is 0 Å². The maximum atomic E-state index is 2.61. The maximum absolute atomic E-state index is 2.61. The summed E-state index contributed by atoms with van der Waals surface area (Å²) in [5.74, 6) is 1.13. The van der Waals surface area contributed by atoms with Crippen molar-refractivity contribution in [3.05, 3.63) is 0 Å². The van der Waals surface area contributed by atoms with Crippen LogP contribution in [0.4, 0.5) is 0 Å². The van der Waals surface area contributed by atoms with Gasteiger partial charge >= 0.3 is 0 Å². The van der Waals surface area contributed by atoms with Crippen LogP contribution in [0.5, 0.6) is 0 Å². The molecule has 0 bridgehead atoms. The predicted octanol–water partition coefficient (Wildman–Crippen LogP) is -3.50. The van der Waals surface area contributed by atoms with Gasteiger partial charge in [-0.3, -0.25) is 5.32 Å². The van der Waals surface area contributed by atoms with Crippen molar-refractivity contribution in [2.24, 2.45) is 0 Å². The lowest BCUT2D eigenvalue weighted by Gasteiger charge is -2.41. The van der Waals surface area contributed by atoms with Gasteiger partial charge < -0.3 is 26.8 Å². The van der Waals surface area contributed by atoms with Crippen LogP contribution in [0, 0.1) is 0 Å². The maximum Gasteiger partial charge on any atom is 0.272 e. The number of hydrogen-bond acceptors (Lipinski definition) is 6. The lowest BCUT2D eigenvalue weighted by atomic mass is 10.4. The highest BCUT2D eigenvalue weighted by Crippen LogP contribution is 2.38. The van der Waals surface area contributed by atoms with E-state index in [0.717, 1.165) is 32.1 Å². The van der Waals surface area contributed by atoms with Gasteiger partial charge in [-0.2, -0.15) is 0 Å². The summed E-state index contributed by atoms with van der Waals surface area (Å²) in [7, 11) is 16.9. The normalized spacial score (nSPS) is 23.1. The van der Waals surface area contributed by atoms with E-state index in [9.17, 15) is 0 Å². The van der Waals surface area contributed by atoms with E-state index in [4.69, 9.17) is 0 Å². The standard InChI is InChI=1S/C12H29N5S2.BrH/c1-14(2)7-9-17(10-8-15(3)4)12(16(5)6)13-11-18-19-12;/h13H,7-11H2,1-6H3;1H. The molecule has 1 aliphatic rings. The van der Waals surface area contributed by atoms with Crippen molar-refractivity contribution in [2.45, 2.75) is 5.12 Å². The first-order valence-electron chi connectivity index (χ1n) is 6.75. The minimum atomic E-state index is 0. The van der Waals surface area contributed by atoms with Gasteiger partial charge in [-0.1, -0.05) is 0 Å². The van der Waals surface area contributed by atoms with Crippen molar-refractivity contribution < 1.29 is 22.3 Å². The second-order valence-corrected chi connectivity index (χ2v) is 8.26. The van der Waals surface area contributed by atoms with Crippen LogP contribution < -0.4 is 22.3 Å². The third-order valence-electron chi connectivity index (χ3n) is 3.33. The summed E-state index contributed by atoms with van der Waals surface area (Å²) < 4.78 is 0. The molecule has 0 aromatic rings. The van der Waals surface area contributed by atoms with E-state index in [-0.39, 0.29) is 22.1 Å². The molecule has 0 aromatic heterocycles. The fourth-order valence-electron chi connectivity index (χ4n) is 2.09. The zero-order valence-electron chi connectivity index (χ0n) is 13.6. The first-order valence-corrected chi connectivity index (χ1v) is 9.07. The molecule has 8 heteroatoms. The average molecular weight is 388 g/mol. The van der Waals surface area contributed by atoms with Crippen LogP contribution in [0.2, 0.25) is 0 Å². The summed E-state index contributed by atoms with van der Waals surface area (Å²) in [5.41, 5.74) is 0. The number of halogens is 1. The molecule has 0 aromatic carbocycles. The fraction of sp³-hybridized carbons (Fsp3) is 1.00. The number of rotatable bonds is 8. The number of hydrogen-bond donors (Lipinski definition) is 1. The Kier molecular flexibility index (Phi) is 10.4. The Morgan fingerprint density at radius 3 is 1.70 bits per heavy atom. The van der Waals surface area contributed by atoms with Crippen LogP contribution in [-0.4, -0.2) is 99.1 Å². The van der Waals surface area contributed by atoms with Crippen LogP contribution in [-0.2, 0) is 0 Å². The van der Waals surface area contributed by atoms with E-state index >= 15 is 0 Å². The Labute approximate surface area is 142 Å². The van der Waals surface area contributed by atoms with Crippen LogP contribution >= 0.6 is 21.6 Å². The molecule has 1 aliphatic heterocycles. The Bertz CT molecular complexity index is 248. The fourth-order valence-corrected chi connectivity index (χ4v) is 5.22. The predicted molar refractivity (Wildman–Crippen MR) is 87.1 cm³/mol. The highest BCUT2D eigenvalue weighted by molar-refractivity contribution is 8.77. The molecule has 0 aliphatic carbocycles. The largest absolute Gasteiger partial charge is 1.00 e. The lowest BCUT2D eigenvalue weighted by molar-refractivity contribution is -0.726. The van der Waals surface area contributed by atoms with Crippen molar-refractivity contribution >= 4 is 21.6 Å². The van der Waals surface area contributed by atoms with Gasteiger partial charge in [-0.25, -0.2) is 9.80 Å². The van der Waals surface area contributed by atoms with Crippen molar-refractivity contribution in [1.29, 1.82) is 0 Å². The van der Waals surface area contributed by atoms with Gasteiger partial charge in [0.25, 0.3) is 5.12 Å². The molecule has 1 unspecified atom stereocenters. The third-order valence-corrected chi connectivity index (χ3v) is 6.28. The first-order chi connectivity index (χ1) is 8.88. The molecule has 1 rings (SSSR count). The van der Waals surface area contributed by atoms with Crippen molar-refractivity contribution in [1.82, 2.24) is 19.6 Å². The second-order valence-electron chi connectivity index (χ2n) is 5.72. The monoisotopic (exact) mass is 387 g/mol. The summed E-state index contributed by atoms with van der Waals surface area (Å²) in [5, 5.41) is 2.50. The minimum Gasteiger partial charge on any atom is -1.00 e. The Morgan fingerprint density at radius 2 is 1.40 bits per heavy atom. The molecular weight excluding hydrogens is 358 g/mol. The molecular formula is C12H30BrN5S2. The highest BCUT2D eigenvalue weighted by atomic mass is 79.9. The van der Waals surface area contributed by atoms with Gasteiger partial charge in [0.15, 0.2) is 0 Å². The number of nitrogens with zero attached hydrogens (tertiary/aromatic N) is 4. The van der Waals surface area contributed by atoms with Gasteiger partial charge in [0.1, 0.15) is 5.88 Å². The number of nitrogens with two attached hydrogens (primary N) is 1. The zero-order valence-corrected chi connectivity index (χ0v) is 16.8. The van der Waals surface area contributed by atoms with E-state index in [2.05, 4.69) is 67.2 Å². The summed E-state index contributed by atoms with van der Waals surface area (Å²) in [6, 6.07) is 0. The molecule has 2 N–H and O–H groups in total. The van der Waals surface area contributed by atoms with Crippen molar-refractivity contribution in [3.63, 3.8) is 0 Å². The van der Waals surface area contributed by atoms with E-state index in [0.29, 0.717) is 0 Å². The molecule has 0 spiro atoms. The van der Waals surface area contributed by atoms with E-state index in [1.807, 2.05) is 21.6 Å². The molecule has 1 saturated heterocycles. The molecule has 0 amide bonds. The molecule has 20 heavy (non-hydrogen) atoms. The molecule has 1 fully saturated rings. The van der Waals surface area contributed by atoms with E-state index < -0.39 is 0 Å². The SMILES string of the molecule is CN(C)CCN(CCN(C)C)C1(N(C)C)[NH2+]CSS1.[Br-]. The average Bonchev–Trinajstić information content (AvgIpc) is 2.78. The van der Waals surface area contributed by atoms with Gasteiger partial charge in [0.2, 0.25) is 0 Å². The van der Waals surface area contributed by atoms with Gasteiger partial charge in [0, 0.05) is 37.0 Å². The summed E-state index contributed by atoms with van der Waals surface area (Å²) in [6.45, 7) is 4.40. The van der Waals surface area contributed by atoms with Gasteiger partial charge in [0.05, 0.1) is 0 Å². The lowest BCUT2D eigenvalue weighted by Crippen LogP contribution is -3.00. The van der Waals surface area contributed by atoms with E-state index in [1.54, 1.807) is 0 Å². The molecule has 1 atom stereocenters. The van der Waals surface area contributed by atoms with Crippen LogP contribution in [0.25, 0.3) is 0 Å². The summed E-state index contributed by atoms with van der Waals surface area (Å²) >= 11 is 0. The Morgan fingerprint density at radius 1 is 0.900 bits per heavy atom. The Hall–Kier alpha value is 0.980. The van der Waals surface area contributed by atoms with Crippen molar-refractivity contribution in [3.8, 4) is 0 Å². The highest BCUT2D eigenvalue weighted by Gasteiger charge is 2.47. The number of quaternary nitrogens is 1. The molecule has 0 radical (unpaired) electrons. The summed E-state index contributed by atoms with van der Waals surface area (Å²) in [4.78, 5) is 9.48. The first kappa shape index (κ1) is 21.0. The van der Waals surface area contributed by atoms with Crippen LogP contribution in [0.1, 0.15) is 0 Å². The van der Waals surface area contributed by atoms with Crippen LogP contribution in [0.15, 0.2) is 0 Å². The molecule has 122 valence electrons. The quantitative estimate of drug-likeness (QED) is 0.343. The van der Waals surface area contributed by atoms with E-state index in [1.165, 1.54) is 0 Å². The van der Waals surface area contributed by atoms with Crippen molar-refractivity contribution in [2.75, 3.05) is 74.3 Å². The summed E-state index contributed by atoms with van der Waals surface area (Å²) in [6.07, 6.45) is 0. The second kappa shape index (κ2) is 9.89. The third kappa shape index (κ3) is 6.00. The molecule has 0 saturated carbocycles. The van der Waals surface area contributed by atoms with Gasteiger partial charge in [-0.05, 0) is 53.1 Å². The molecule has 1 heterocycles.